The second-order valence-electron chi connectivity index (χ2n) is 6.03. The van der Waals surface area contributed by atoms with E-state index in [1.165, 1.54) is 0 Å². The average Bonchev–Trinajstić information content (AvgIpc) is 2.91. The molecule has 0 aliphatic carbocycles. The molecule has 0 unspecified atom stereocenters. The molecule has 6 nitrogen and oxygen atoms in total. The zero-order chi connectivity index (χ0) is 15.4. The molecular weight excluding hydrogens is 280 g/mol. The van der Waals surface area contributed by atoms with Gasteiger partial charge in [-0.1, -0.05) is 6.07 Å². The highest BCUT2D eigenvalue weighted by molar-refractivity contribution is 5.94. The first kappa shape index (κ1) is 15.0. The molecule has 1 aromatic rings. The van der Waals surface area contributed by atoms with Gasteiger partial charge in [0.2, 0.25) is 5.91 Å². The maximum absolute atomic E-state index is 12.3. The quantitative estimate of drug-likeness (QED) is 0.840. The van der Waals surface area contributed by atoms with Gasteiger partial charge in [-0.15, -0.1) is 0 Å². The third-order valence-electron chi connectivity index (χ3n) is 4.67. The van der Waals surface area contributed by atoms with Crippen molar-refractivity contribution in [1.82, 2.24) is 20.5 Å². The highest BCUT2D eigenvalue weighted by atomic mass is 16.2. The Morgan fingerprint density at radius 2 is 1.95 bits per heavy atom. The van der Waals surface area contributed by atoms with E-state index in [4.69, 9.17) is 0 Å². The van der Waals surface area contributed by atoms with Gasteiger partial charge < -0.3 is 15.5 Å². The molecule has 0 saturated carbocycles. The minimum absolute atomic E-state index is 0.00258. The normalized spacial score (nSPS) is 24.5. The Balaban J connectivity index is 1.49. The molecule has 6 heteroatoms. The smallest absolute Gasteiger partial charge is 0.270 e. The Labute approximate surface area is 130 Å². The molecule has 0 bridgehead atoms. The molecule has 2 amide bonds. The summed E-state index contributed by atoms with van der Waals surface area (Å²) in [5.41, 5.74) is 0.340. The van der Waals surface area contributed by atoms with Crippen LogP contribution in [0.1, 0.15) is 23.3 Å². The van der Waals surface area contributed by atoms with Crippen molar-refractivity contribution in [3.63, 3.8) is 0 Å². The zero-order valence-electron chi connectivity index (χ0n) is 12.6. The highest BCUT2D eigenvalue weighted by Crippen LogP contribution is 2.26. The number of carbonyl (C=O) groups is 2. The zero-order valence-corrected chi connectivity index (χ0v) is 12.6. The number of fused-ring (bicyclic) bond motifs is 1. The van der Waals surface area contributed by atoms with Crippen LogP contribution >= 0.6 is 0 Å². The molecule has 2 saturated heterocycles. The number of nitrogens with one attached hydrogen (secondary N) is 2. The van der Waals surface area contributed by atoms with Crippen LogP contribution in [0.15, 0.2) is 24.4 Å². The van der Waals surface area contributed by atoms with E-state index in [2.05, 4.69) is 15.6 Å². The Kier molecular flexibility index (Phi) is 4.68. The largest absolute Gasteiger partial charge is 0.342 e. The van der Waals surface area contributed by atoms with E-state index in [0.717, 1.165) is 39.0 Å². The van der Waals surface area contributed by atoms with E-state index in [-0.39, 0.29) is 18.4 Å². The van der Waals surface area contributed by atoms with Gasteiger partial charge in [-0.2, -0.15) is 0 Å². The number of aromatic nitrogens is 1. The molecule has 2 aliphatic rings. The van der Waals surface area contributed by atoms with Crippen LogP contribution in [0.3, 0.4) is 0 Å². The van der Waals surface area contributed by atoms with Gasteiger partial charge in [-0.3, -0.25) is 14.6 Å². The predicted octanol–water partition coefficient (Wildman–Crippen LogP) is 0.269. The number of pyridine rings is 1. The number of amides is 2. The molecule has 0 spiro atoms. The van der Waals surface area contributed by atoms with Gasteiger partial charge in [-0.05, 0) is 49.9 Å². The minimum atomic E-state index is -0.301. The summed E-state index contributed by atoms with van der Waals surface area (Å²) in [7, 11) is 0. The van der Waals surface area contributed by atoms with Crippen LogP contribution in [0.2, 0.25) is 0 Å². The van der Waals surface area contributed by atoms with Crippen molar-refractivity contribution in [2.24, 2.45) is 11.8 Å². The van der Waals surface area contributed by atoms with Crippen LogP contribution < -0.4 is 10.6 Å². The van der Waals surface area contributed by atoms with Crippen molar-refractivity contribution in [2.45, 2.75) is 12.8 Å². The fourth-order valence-electron chi connectivity index (χ4n) is 3.32. The van der Waals surface area contributed by atoms with Gasteiger partial charge in [0.05, 0.1) is 6.54 Å². The summed E-state index contributed by atoms with van der Waals surface area (Å²) >= 11 is 0. The first-order valence-corrected chi connectivity index (χ1v) is 7.92. The van der Waals surface area contributed by atoms with Crippen LogP contribution in [-0.4, -0.2) is 54.4 Å². The van der Waals surface area contributed by atoms with Crippen LogP contribution in [0.4, 0.5) is 0 Å². The fourth-order valence-corrected chi connectivity index (χ4v) is 3.32. The van der Waals surface area contributed by atoms with Crippen molar-refractivity contribution in [1.29, 1.82) is 0 Å². The molecule has 0 radical (unpaired) electrons. The molecule has 22 heavy (non-hydrogen) atoms. The number of hydrogen-bond donors (Lipinski definition) is 2. The molecule has 2 fully saturated rings. The maximum Gasteiger partial charge on any atom is 0.270 e. The fraction of sp³-hybridized carbons (Fsp3) is 0.562. The highest BCUT2D eigenvalue weighted by Gasteiger charge is 2.31. The third kappa shape index (κ3) is 3.44. The summed E-state index contributed by atoms with van der Waals surface area (Å²) in [6, 6.07) is 5.15. The molecule has 2 aliphatic heterocycles. The van der Waals surface area contributed by atoms with E-state index in [0.29, 0.717) is 17.5 Å². The van der Waals surface area contributed by atoms with Crippen molar-refractivity contribution in [3.8, 4) is 0 Å². The Morgan fingerprint density at radius 1 is 1.23 bits per heavy atom. The number of nitrogens with zero attached hydrogens (tertiary/aromatic N) is 2. The summed E-state index contributed by atoms with van der Waals surface area (Å²) in [5, 5.41) is 6.09. The lowest BCUT2D eigenvalue weighted by atomic mass is 9.92. The van der Waals surface area contributed by atoms with Gasteiger partial charge in [0.25, 0.3) is 5.91 Å². The van der Waals surface area contributed by atoms with Crippen LogP contribution in [-0.2, 0) is 4.79 Å². The van der Waals surface area contributed by atoms with Crippen molar-refractivity contribution in [3.05, 3.63) is 30.1 Å². The lowest BCUT2D eigenvalue weighted by molar-refractivity contribution is -0.130. The lowest BCUT2D eigenvalue weighted by Crippen LogP contribution is -2.41. The summed E-state index contributed by atoms with van der Waals surface area (Å²) < 4.78 is 0. The van der Waals surface area contributed by atoms with Gasteiger partial charge >= 0.3 is 0 Å². The molecule has 118 valence electrons. The van der Waals surface area contributed by atoms with Crippen LogP contribution in [0.25, 0.3) is 0 Å². The number of rotatable bonds is 3. The number of carbonyl (C=O) groups excluding carboxylic acids is 2. The summed E-state index contributed by atoms with van der Waals surface area (Å²) in [6.07, 6.45) is 3.67. The van der Waals surface area contributed by atoms with Gasteiger partial charge in [0.15, 0.2) is 0 Å². The molecular formula is C16H22N4O2. The van der Waals surface area contributed by atoms with Gasteiger partial charge in [0.1, 0.15) is 5.69 Å². The summed E-state index contributed by atoms with van der Waals surface area (Å²) in [4.78, 5) is 30.1. The Bertz CT molecular complexity index is 520. The Hall–Kier alpha value is -1.95. The van der Waals surface area contributed by atoms with E-state index >= 15 is 0 Å². The van der Waals surface area contributed by atoms with Crippen LogP contribution in [0.5, 0.6) is 0 Å². The first-order chi connectivity index (χ1) is 10.7. The van der Waals surface area contributed by atoms with E-state index < -0.39 is 0 Å². The number of hydrogen-bond acceptors (Lipinski definition) is 4. The topological polar surface area (TPSA) is 74.3 Å². The molecule has 0 aromatic carbocycles. The minimum Gasteiger partial charge on any atom is -0.342 e. The van der Waals surface area contributed by atoms with E-state index in [9.17, 15) is 9.59 Å². The lowest BCUT2D eigenvalue weighted by Gasteiger charge is -2.21. The second kappa shape index (κ2) is 6.87. The average molecular weight is 302 g/mol. The van der Waals surface area contributed by atoms with Gasteiger partial charge in [-0.25, -0.2) is 0 Å². The standard InChI is InChI=1S/C16H22N4O2/c21-15(11-19-16(22)14-3-1-2-6-18-14)20-7-4-12-9-17-10-13(12)5-8-20/h1-3,6,12-13,17H,4-5,7-11H2,(H,19,22)/t12-,13+. The van der Waals surface area contributed by atoms with Gasteiger partial charge in [0, 0.05) is 19.3 Å². The molecule has 1 aromatic heterocycles. The van der Waals surface area contributed by atoms with E-state index in [1.807, 2.05) is 4.90 Å². The van der Waals surface area contributed by atoms with E-state index in [1.54, 1.807) is 24.4 Å². The number of likely N-dealkylation sites (tertiary alicyclic amines) is 1. The van der Waals surface area contributed by atoms with Crippen molar-refractivity contribution in [2.75, 3.05) is 32.7 Å². The van der Waals surface area contributed by atoms with Crippen molar-refractivity contribution < 1.29 is 9.59 Å². The predicted molar refractivity (Wildman–Crippen MR) is 82.2 cm³/mol. The van der Waals surface area contributed by atoms with Crippen LogP contribution in [0, 0.1) is 11.8 Å². The summed E-state index contributed by atoms with van der Waals surface area (Å²) in [6.45, 7) is 3.78. The second-order valence-corrected chi connectivity index (χ2v) is 6.03. The first-order valence-electron chi connectivity index (χ1n) is 7.92. The Morgan fingerprint density at radius 3 is 2.59 bits per heavy atom. The monoisotopic (exact) mass is 302 g/mol. The molecule has 3 heterocycles. The third-order valence-corrected chi connectivity index (χ3v) is 4.67. The molecule has 2 atom stereocenters. The molecule has 2 N–H and O–H groups in total. The SMILES string of the molecule is O=C(NCC(=O)N1CC[C@@H]2CNC[C@@H]2CC1)c1ccccn1. The van der Waals surface area contributed by atoms with Crippen molar-refractivity contribution >= 4 is 11.8 Å². The maximum atomic E-state index is 12.3. The summed E-state index contributed by atoms with van der Waals surface area (Å²) in [5.74, 6) is 1.09. The molecule has 3 rings (SSSR count).